The first-order chi connectivity index (χ1) is 8.65. The van der Waals surface area contributed by atoms with Crippen molar-refractivity contribution in [3.05, 3.63) is 28.8 Å². The smallest absolute Gasteiger partial charge is 0.107 e. The largest absolute Gasteiger partial charge is 0.389 e. The molecule has 1 saturated carbocycles. The van der Waals surface area contributed by atoms with Gasteiger partial charge in [-0.15, -0.1) is 0 Å². The van der Waals surface area contributed by atoms with Gasteiger partial charge in [-0.25, -0.2) is 0 Å². The minimum Gasteiger partial charge on any atom is -0.389 e. The van der Waals surface area contributed by atoms with Crippen molar-refractivity contribution in [2.75, 3.05) is 11.4 Å². The summed E-state index contributed by atoms with van der Waals surface area (Å²) in [4.78, 5) is 2.81. The Kier molecular flexibility index (Phi) is 4.46. The monoisotopic (exact) mass is 282 g/mol. The third-order valence-corrected chi connectivity index (χ3v) is 3.81. The molecular formula is C14H19ClN2S. The lowest BCUT2D eigenvalue weighted by molar-refractivity contribution is 0.713. The molecule has 0 aliphatic heterocycles. The van der Waals surface area contributed by atoms with Gasteiger partial charge in [0.1, 0.15) is 4.99 Å². The van der Waals surface area contributed by atoms with E-state index in [1.54, 1.807) is 0 Å². The van der Waals surface area contributed by atoms with Crippen molar-refractivity contribution >= 4 is 34.5 Å². The van der Waals surface area contributed by atoms with Gasteiger partial charge >= 0.3 is 0 Å². The van der Waals surface area contributed by atoms with E-state index in [1.807, 2.05) is 12.1 Å². The van der Waals surface area contributed by atoms with Crippen molar-refractivity contribution in [3.8, 4) is 0 Å². The Balaban J connectivity index is 2.34. The van der Waals surface area contributed by atoms with Gasteiger partial charge in [0, 0.05) is 18.3 Å². The standard InChI is InChI=1S/C14H19ClN2S/c1-2-3-9-17(10-7-8-10)12-6-4-5-11(15)13(12)14(16)18/h4-6,10H,2-3,7-9H2,1H3,(H2,16,18). The van der Waals surface area contributed by atoms with Crippen molar-refractivity contribution in [1.29, 1.82) is 0 Å². The Morgan fingerprint density at radius 3 is 2.78 bits per heavy atom. The predicted molar refractivity (Wildman–Crippen MR) is 82.6 cm³/mol. The molecule has 4 heteroatoms. The van der Waals surface area contributed by atoms with E-state index < -0.39 is 0 Å². The number of anilines is 1. The van der Waals surface area contributed by atoms with E-state index in [0.29, 0.717) is 16.1 Å². The number of unbranched alkanes of at least 4 members (excludes halogenated alkanes) is 1. The Bertz CT molecular complexity index is 443. The molecule has 0 amide bonds. The molecule has 2 rings (SSSR count). The van der Waals surface area contributed by atoms with Crippen LogP contribution in [0, 0.1) is 0 Å². The van der Waals surface area contributed by atoms with Crippen molar-refractivity contribution in [2.45, 2.75) is 38.6 Å². The molecule has 0 spiro atoms. The molecular weight excluding hydrogens is 264 g/mol. The van der Waals surface area contributed by atoms with Crippen molar-refractivity contribution < 1.29 is 0 Å². The first kappa shape index (κ1) is 13.6. The maximum atomic E-state index is 6.23. The third kappa shape index (κ3) is 2.96. The predicted octanol–water partition coefficient (Wildman–Crippen LogP) is 3.74. The van der Waals surface area contributed by atoms with Crippen LogP contribution in [0.25, 0.3) is 0 Å². The number of halogens is 1. The average Bonchev–Trinajstić information content (AvgIpc) is 3.13. The zero-order valence-corrected chi connectivity index (χ0v) is 12.2. The van der Waals surface area contributed by atoms with Crippen LogP contribution in [0.2, 0.25) is 5.02 Å². The summed E-state index contributed by atoms with van der Waals surface area (Å²) in [7, 11) is 0. The van der Waals surface area contributed by atoms with Crippen molar-refractivity contribution in [1.82, 2.24) is 0 Å². The number of rotatable bonds is 6. The third-order valence-electron chi connectivity index (χ3n) is 3.29. The minimum atomic E-state index is 0.387. The molecule has 2 N–H and O–H groups in total. The van der Waals surface area contributed by atoms with Crippen LogP contribution >= 0.6 is 23.8 Å². The Hall–Kier alpha value is -0.800. The number of hydrogen-bond acceptors (Lipinski definition) is 2. The number of benzene rings is 1. The van der Waals surface area contributed by atoms with Gasteiger partial charge in [-0.1, -0.05) is 43.2 Å². The van der Waals surface area contributed by atoms with Crippen LogP contribution < -0.4 is 10.6 Å². The fourth-order valence-electron chi connectivity index (χ4n) is 2.21. The summed E-state index contributed by atoms with van der Waals surface area (Å²) >= 11 is 11.4. The maximum absolute atomic E-state index is 6.23. The highest BCUT2D eigenvalue weighted by Crippen LogP contribution is 2.36. The molecule has 1 aromatic rings. The van der Waals surface area contributed by atoms with E-state index in [0.717, 1.165) is 17.8 Å². The van der Waals surface area contributed by atoms with E-state index in [-0.39, 0.29) is 0 Å². The molecule has 2 nitrogen and oxygen atoms in total. The van der Waals surface area contributed by atoms with E-state index in [2.05, 4.69) is 17.9 Å². The van der Waals surface area contributed by atoms with E-state index in [9.17, 15) is 0 Å². The van der Waals surface area contributed by atoms with Gasteiger partial charge in [0.05, 0.1) is 10.6 Å². The second-order valence-corrected chi connectivity index (χ2v) is 5.62. The van der Waals surface area contributed by atoms with Gasteiger partial charge in [0.2, 0.25) is 0 Å². The topological polar surface area (TPSA) is 29.3 Å². The van der Waals surface area contributed by atoms with E-state index in [4.69, 9.17) is 29.6 Å². The van der Waals surface area contributed by atoms with Gasteiger partial charge in [0.25, 0.3) is 0 Å². The molecule has 1 aliphatic carbocycles. The Labute approximate surface area is 119 Å². The molecule has 18 heavy (non-hydrogen) atoms. The van der Waals surface area contributed by atoms with Crippen LogP contribution in [-0.4, -0.2) is 17.6 Å². The van der Waals surface area contributed by atoms with Gasteiger partial charge in [-0.2, -0.15) is 0 Å². The summed E-state index contributed by atoms with van der Waals surface area (Å²) < 4.78 is 0. The van der Waals surface area contributed by atoms with Crippen molar-refractivity contribution in [3.63, 3.8) is 0 Å². The maximum Gasteiger partial charge on any atom is 0.107 e. The first-order valence-electron chi connectivity index (χ1n) is 6.50. The lowest BCUT2D eigenvalue weighted by atomic mass is 10.1. The number of hydrogen-bond donors (Lipinski definition) is 1. The lowest BCUT2D eigenvalue weighted by Gasteiger charge is -2.27. The second kappa shape index (κ2) is 5.89. The highest BCUT2D eigenvalue weighted by molar-refractivity contribution is 7.80. The molecule has 98 valence electrons. The van der Waals surface area contributed by atoms with Gasteiger partial charge in [-0.3, -0.25) is 0 Å². The normalized spacial score (nSPS) is 14.6. The molecule has 0 saturated heterocycles. The lowest BCUT2D eigenvalue weighted by Crippen LogP contribution is -2.29. The number of thiocarbonyl (C=S) groups is 1. The van der Waals surface area contributed by atoms with Gasteiger partial charge in [-0.05, 0) is 31.4 Å². The molecule has 0 heterocycles. The molecule has 0 unspecified atom stereocenters. The number of nitrogens with zero attached hydrogens (tertiary/aromatic N) is 1. The summed E-state index contributed by atoms with van der Waals surface area (Å²) in [6, 6.07) is 6.54. The molecule has 0 bridgehead atoms. The van der Waals surface area contributed by atoms with Gasteiger partial charge < -0.3 is 10.6 Å². The zero-order valence-electron chi connectivity index (χ0n) is 10.7. The molecule has 1 aliphatic rings. The summed E-state index contributed by atoms with van der Waals surface area (Å²) in [6.45, 7) is 3.26. The molecule has 1 fully saturated rings. The summed E-state index contributed by atoms with van der Waals surface area (Å²) in [6.07, 6.45) is 4.88. The Morgan fingerprint density at radius 2 is 2.22 bits per heavy atom. The fraction of sp³-hybridized carbons (Fsp3) is 0.500. The van der Waals surface area contributed by atoms with E-state index >= 15 is 0 Å². The number of nitrogens with two attached hydrogens (primary N) is 1. The Morgan fingerprint density at radius 1 is 1.50 bits per heavy atom. The van der Waals surface area contributed by atoms with Crippen LogP contribution in [-0.2, 0) is 0 Å². The zero-order chi connectivity index (χ0) is 13.1. The molecule has 1 aromatic carbocycles. The second-order valence-electron chi connectivity index (χ2n) is 4.78. The minimum absolute atomic E-state index is 0.387. The summed E-state index contributed by atoms with van der Waals surface area (Å²) in [5.41, 5.74) is 7.76. The van der Waals surface area contributed by atoms with Crippen LogP contribution in [0.1, 0.15) is 38.2 Å². The van der Waals surface area contributed by atoms with Crippen molar-refractivity contribution in [2.24, 2.45) is 5.73 Å². The van der Waals surface area contributed by atoms with Crippen LogP contribution in [0.4, 0.5) is 5.69 Å². The molecule has 0 aromatic heterocycles. The fourth-order valence-corrected chi connectivity index (χ4v) is 2.75. The molecule has 0 radical (unpaired) electrons. The molecule has 0 atom stereocenters. The average molecular weight is 283 g/mol. The summed E-state index contributed by atoms with van der Waals surface area (Å²) in [5.74, 6) is 0. The SMILES string of the molecule is CCCCN(c1cccc(Cl)c1C(N)=S)C1CC1. The van der Waals surface area contributed by atoms with Crippen LogP contribution in [0.15, 0.2) is 18.2 Å². The van der Waals surface area contributed by atoms with E-state index in [1.165, 1.54) is 25.7 Å². The highest BCUT2D eigenvalue weighted by atomic mass is 35.5. The quantitative estimate of drug-likeness (QED) is 0.806. The first-order valence-corrected chi connectivity index (χ1v) is 7.28. The summed E-state index contributed by atoms with van der Waals surface area (Å²) in [5, 5.41) is 0.655. The van der Waals surface area contributed by atoms with Crippen LogP contribution in [0.3, 0.4) is 0 Å². The van der Waals surface area contributed by atoms with Crippen LogP contribution in [0.5, 0.6) is 0 Å². The highest BCUT2D eigenvalue weighted by Gasteiger charge is 2.30. The van der Waals surface area contributed by atoms with Gasteiger partial charge in [0.15, 0.2) is 0 Å².